The number of carbonyl (C=O) groups is 2. The summed E-state index contributed by atoms with van der Waals surface area (Å²) in [6.07, 6.45) is 0.224. The summed E-state index contributed by atoms with van der Waals surface area (Å²) in [6, 6.07) is 29.7. The van der Waals surface area contributed by atoms with Gasteiger partial charge in [0.05, 0.1) is 11.4 Å². The molecule has 1 aromatic heterocycles. The van der Waals surface area contributed by atoms with Crippen LogP contribution in [0.15, 0.2) is 97.1 Å². The van der Waals surface area contributed by atoms with Gasteiger partial charge in [-0.1, -0.05) is 84.9 Å². The molecule has 0 aliphatic carbocycles. The van der Waals surface area contributed by atoms with Crippen molar-refractivity contribution in [3.63, 3.8) is 0 Å². The van der Waals surface area contributed by atoms with Crippen LogP contribution in [0.3, 0.4) is 0 Å². The first-order chi connectivity index (χ1) is 15.1. The number of amides is 2. The van der Waals surface area contributed by atoms with Gasteiger partial charge in [-0.05, 0) is 23.3 Å². The van der Waals surface area contributed by atoms with Crippen LogP contribution in [0.4, 0.5) is 0 Å². The van der Waals surface area contributed by atoms with E-state index in [0.717, 1.165) is 22.0 Å². The van der Waals surface area contributed by atoms with E-state index in [1.807, 2.05) is 97.1 Å². The van der Waals surface area contributed by atoms with Crippen molar-refractivity contribution in [3.8, 4) is 0 Å². The molecule has 0 aliphatic rings. The van der Waals surface area contributed by atoms with E-state index in [-0.39, 0.29) is 12.3 Å². The lowest BCUT2D eigenvalue weighted by Gasteiger charge is -2.22. The van der Waals surface area contributed by atoms with Crippen molar-refractivity contribution < 1.29 is 9.59 Å². The lowest BCUT2D eigenvalue weighted by molar-refractivity contribution is -0.127. The number of benzene rings is 3. The Balaban J connectivity index is 1.59. The number of hydrogen-bond acceptors (Lipinski definition) is 3. The molecule has 0 spiro atoms. The number of nitrogens with one attached hydrogen (secondary N) is 1. The molecule has 5 heteroatoms. The summed E-state index contributed by atoms with van der Waals surface area (Å²) in [4.78, 5) is 30.1. The molecular formula is C26H23N3O2. The average Bonchev–Trinajstić information content (AvgIpc) is 2.80. The highest BCUT2D eigenvalue weighted by Crippen LogP contribution is 2.25. The van der Waals surface area contributed by atoms with Crippen LogP contribution in [0.2, 0.25) is 0 Å². The Kier molecular flexibility index (Phi) is 6.03. The molecule has 4 rings (SSSR count). The molecule has 2 amide bonds. The first-order valence-corrected chi connectivity index (χ1v) is 10.2. The maximum Gasteiger partial charge on any atom is 0.240 e. The number of hydrogen-bond donors (Lipinski definition) is 2. The van der Waals surface area contributed by atoms with Gasteiger partial charge in [-0.15, -0.1) is 0 Å². The van der Waals surface area contributed by atoms with Crippen molar-refractivity contribution in [2.24, 2.45) is 5.73 Å². The van der Waals surface area contributed by atoms with Crippen molar-refractivity contribution >= 4 is 22.7 Å². The third kappa shape index (κ3) is 4.78. The summed E-state index contributed by atoms with van der Waals surface area (Å²) in [7, 11) is 0. The van der Waals surface area contributed by atoms with E-state index >= 15 is 0 Å². The second kappa shape index (κ2) is 9.22. The van der Waals surface area contributed by atoms with Crippen LogP contribution in [0.5, 0.6) is 0 Å². The third-order valence-corrected chi connectivity index (χ3v) is 5.26. The fourth-order valence-corrected chi connectivity index (χ4v) is 3.70. The number of fused-ring (bicyclic) bond motifs is 1. The molecule has 1 atom stereocenters. The zero-order valence-corrected chi connectivity index (χ0v) is 16.9. The first kappa shape index (κ1) is 20.3. The highest BCUT2D eigenvalue weighted by Gasteiger charge is 2.27. The number of aromatic nitrogens is 1. The van der Waals surface area contributed by atoms with E-state index in [1.165, 1.54) is 0 Å². The summed E-state index contributed by atoms with van der Waals surface area (Å²) in [6.45, 7) is 0. The molecule has 0 radical (unpaired) electrons. The zero-order valence-electron chi connectivity index (χ0n) is 16.9. The van der Waals surface area contributed by atoms with E-state index in [4.69, 9.17) is 5.73 Å². The molecule has 0 saturated carbocycles. The Hall–Kier alpha value is -3.99. The quantitative estimate of drug-likeness (QED) is 0.489. The normalized spacial score (nSPS) is 11.9. The molecule has 31 heavy (non-hydrogen) atoms. The van der Waals surface area contributed by atoms with E-state index in [0.29, 0.717) is 5.69 Å². The van der Waals surface area contributed by atoms with Crippen LogP contribution in [0.1, 0.15) is 22.7 Å². The number of primary amides is 1. The zero-order chi connectivity index (χ0) is 21.6. The Morgan fingerprint density at radius 3 is 1.97 bits per heavy atom. The van der Waals surface area contributed by atoms with Crippen molar-refractivity contribution in [2.45, 2.75) is 18.4 Å². The van der Waals surface area contributed by atoms with E-state index in [2.05, 4.69) is 10.3 Å². The monoisotopic (exact) mass is 409 g/mol. The standard InChI is InChI=1S/C26H23N3O2/c27-25(30)23(17-21-16-15-18-9-7-8-14-22(18)28-21)29-26(31)24(19-10-3-1-4-11-19)20-12-5-2-6-13-20/h1-16,23-24H,17H2,(H2,27,30)(H,29,31)/t23-/m0/s1. The number of pyridine rings is 1. The minimum Gasteiger partial charge on any atom is -0.368 e. The van der Waals surface area contributed by atoms with Gasteiger partial charge in [0.15, 0.2) is 0 Å². The number of nitrogens with two attached hydrogens (primary N) is 1. The minimum absolute atomic E-state index is 0.224. The lowest BCUT2D eigenvalue weighted by Crippen LogP contribution is -2.47. The second-order valence-corrected chi connectivity index (χ2v) is 7.42. The molecule has 0 saturated heterocycles. The van der Waals surface area contributed by atoms with Gasteiger partial charge in [0, 0.05) is 17.5 Å². The molecule has 0 fully saturated rings. The number of para-hydroxylation sites is 1. The predicted molar refractivity (Wildman–Crippen MR) is 121 cm³/mol. The molecule has 4 aromatic rings. The van der Waals surface area contributed by atoms with Gasteiger partial charge in [-0.25, -0.2) is 0 Å². The predicted octanol–water partition coefficient (Wildman–Crippen LogP) is 3.58. The summed E-state index contributed by atoms with van der Waals surface area (Å²) >= 11 is 0. The van der Waals surface area contributed by atoms with Crippen molar-refractivity contribution in [3.05, 3.63) is 114 Å². The molecule has 5 nitrogen and oxygen atoms in total. The lowest BCUT2D eigenvalue weighted by atomic mass is 9.90. The number of carbonyl (C=O) groups excluding carboxylic acids is 2. The molecule has 0 unspecified atom stereocenters. The summed E-state index contributed by atoms with van der Waals surface area (Å²) in [5, 5.41) is 3.87. The van der Waals surface area contributed by atoms with Crippen LogP contribution < -0.4 is 11.1 Å². The Bertz CT molecular complexity index is 1150. The minimum atomic E-state index is -0.865. The molecule has 3 aromatic carbocycles. The van der Waals surface area contributed by atoms with Crippen LogP contribution in [0, 0.1) is 0 Å². The van der Waals surface area contributed by atoms with Gasteiger partial charge >= 0.3 is 0 Å². The highest BCUT2D eigenvalue weighted by molar-refractivity contribution is 5.92. The molecule has 3 N–H and O–H groups in total. The number of rotatable bonds is 7. The van der Waals surface area contributed by atoms with Gasteiger partial charge in [0.25, 0.3) is 0 Å². The Morgan fingerprint density at radius 1 is 0.774 bits per heavy atom. The van der Waals surface area contributed by atoms with Crippen molar-refractivity contribution in [2.75, 3.05) is 0 Å². The summed E-state index contributed by atoms with van der Waals surface area (Å²) in [5.41, 5.74) is 8.86. The SMILES string of the molecule is NC(=O)[C@H](Cc1ccc2ccccc2n1)NC(=O)C(c1ccccc1)c1ccccc1. The average molecular weight is 409 g/mol. The molecule has 0 aliphatic heterocycles. The van der Waals surface area contributed by atoms with Crippen molar-refractivity contribution in [1.82, 2.24) is 10.3 Å². The topological polar surface area (TPSA) is 85.1 Å². The van der Waals surface area contributed by atoms with Gasteiger partial charge < -0.3 is 11.1 Å². The van der Waals surface area contributed by atoms with Crippen molar-refractivity contribution in [1.29, 1.82) is 0 Å². The highest BCUT2D eigenvalue weighted by atomic mass is 16.2. The van der Waals surface area contributed by atoms with Gasteiger partial charge in [-0.3, -0.25) is 14.6 Å². The van der Waals surface area contributed by atoms with Gasteiger partial charge in [0.1, 0.15) is 6.04 Å². The maximum absolute atomic E-state index is 13.3. The second-order valence-electron chi connectivity index (χ2n) is 7.42. The molecular weight excluding hydrogens is 386 g/mol. The maximum atomic E-state index is 13.3. The molecule has 0 bridgehead atoms. The Labute approximate surface area is 180 Å². The van der Waals surface area contributed by atoms with Crippen LogP contribution in [-0.4, -0.2) is 22.8 Å². The summed E-state index contributed by atoms with van der Waals surface area (Å²) < 4.78 is 0. The Morgan fingerprint density at radius 2 is 1.35 bits per heavy atom. The third-order valence-electron chi connectivity index (χ3n) is 5.26. The number of nitrogens with zero attached hydrogens (tertiary/aromatic N) is 1. The smallest absolute Gasteiger partial charge is 0.240 e. The van der Waals surface area contributed by atoms with Crippen LogP contribution in [0.25, 0.3) is 10.9 Å². The largest absolute Gasteiger partial charge is 0.368 e. The van der Waals surface area contributed by atoms with E-state index in [1.54, 1.807) is 0 Å². The fourth-order valence-electron chi connectivity index (χ4n) is 3.70. The van der Waals surface area contributed by atoms with Gasteiger partial charge in [-0.2, -0.15) is 0 Å². The molecule has 154 valence electrons. The van der Waals surface area contributed by atoms with E-state index < -0.39 is 17.9 Å². The van der Waals surface area contributed by atoms with Crippen LogP contribution >= 0.6 is 0 Å². The van der Waals surface area contributed by atoms with E-state index in [9.17, 15) is 9.59 Å². The fraction of sp³-hybridized carbons (Fsp3) is 0.115. The van der Waals surface area contributed by atoms with Gasteiger partial charge in [0.2, 0.25) is 11.8 Å². The summed E-state index contributed by atoms with van der Waals surface area (Å²) in [5.74, 6) is -1.42. The van der Waals surface area contributed by atoms with Crippen LogP contribution in [-0.2, 0) is 16.0 Å². The first-order valence-electron chi connectivity index (χ1n) is 10.2. The molecule has 1 heterocycles.